The average molecular weight is 287 g/mol. The summed E-state index contributed by atoms with van der Waals surface area (Å²) in [4.78, 5) is 0. The number of hydrogen-bond acceptors (Lipinski definition) is 2. The van der Waals surface area contributed by atoms with Gasteiger partial charge in [-0.2, -0.15) is 5.26 Å². The van der Waals surface area contributed by atoms with Gasteiger partial charge in [-0.05, 0) is 35.2 Å². The molecule has 2 nitrogen and oxygen atoms in total. The molecule has 0 aliphatic heterocycles. The van der Waals surface area contributed by atoms with Crippen LogP contribution in [0.4, 0.5) is 8.78 Å². The van der Waals surface area contributed by atoms with Crippen LogP contribution in [-0.4, -0.2) is 0 Å². The van der Waals surface area contributed by atoms with Crippen molar-refractivity contribution in [1.82, 2.24) is 0 Å². The Labute approximate surface area is 122 Å². The molecule has 0 atom stereocenters. The van der Waals surface area contributed by atoms with Crippen molar-refractivity contribution in [2.75, 3.05) is 0 Å². The Kier molecular flexibility index (Phi) is 3.95. The lowest BCUT2D eigenvalue weighted by Gasteiger charge is -2.19. The minimum Gasteiger partial charge on any atom is -0.451 e. The molecule has 108 valence electrons. The van der Waals surface area contributed by atoms with Crippen molar-refractivity contribution >= 4 is 0 Å². The van der Waals surface area contributed by atoms with Crippen LogP contribution in [0.25, 0.3) is 0 Å². The molecule has 0 saturated carbocycles. The smallest absolute Gasteiger partial charge is 0.198 e. The maximum absolute atomic E-state index is 13.8. The van der Waals surface area contributed by atoms with Crippen molar-refractivity contribution in [3.8, 4) is 17.6 Å². The molecule has 4 heteroatoms. The second-order valence-corrected chi connectivity index (χ2v) is 5.76. The van der Waals surface area contributed by atoms with Crippen LogP contribution in [0.15, 0.2) is 36.4 Å². The molecule has 0 amide bonds. The lowest BCUT2D eigenvalue weighted by Crippen LogP contribution is -2.10. The highest BCUT2D eigenvalue weighted by atomic mass is 19.1. The molecule has 0 radical (unpaired) electrons. The van der Waals surface area contributed by atoms with Gasteiger partial charge >= 0.3 is 0 Å². The van der Waals surface area contributed by atoms with E-state index in [0.717, 1.165) is 17.7 Å². The molecule has 2 aromatic rings. The minimum atomic E-state index is -0.896. The normalized spacial score (nSPS) is 11.0. The van der Waals surface area contributed by atoms with Crippen LogP contribution in [0.3, 0.4) is 0 Å². The Bertz CT molecular complexity index is 688. The lowest BCUT2D eigenvalue weighted by atomic mass is 9.87. The Morgan fingerprint density at radius 1 is 1.05 bits per heavy atom. The first-order valence-corrected chi connectivity index (χ1v) is 6.49. The number of hydrogen-bond donors (Lipinski definition) is 0. The third kappa shape index (κ3) is 3.38. The van der Waals surface area contributed by atoms with Crippen molar-refractivity contribution in [3.05, 3.63) is 59.2 Å². The van der Waals surface area contributed by atoms with E-state index < -0.39 is 17.4 Å². The predicted molar refractivity (Wildman–Crippen MR) is 76.3 cm³/mol. The highest BCUT2D eigenvalue weighted by Gasteiger charge is 2.17. The quantitative estimate of drug-likeness (QED) is 0.785. The zero-order valence-corrected chi connectivity index (χ0v) is 12.1. The van der Waals surface area contributed by atoms with Gasteiger partial charge in [0.25, 0.3) is 0 Å². The first-order chi connectivity index (χ1) is 9.81. The SMILES string of the molecule is CC(C)(C)c1cccc(Oc2c(F)cc(C#N)cc2F)c1. The summed E-state index contributed by atoms with van der Waals surface area (Å²) in [5.41, 5.74) is 0.816. The van der Waals surface area contributed by atoms with E-state index in [1.807, 2.05) is 26.8 Å². The Morgan fingerprint density at radius 2 is 1.67 bits per heavy atom. The summed E-state index contributed by atoms with van der Waals surface area (Å²) < 4.78 is 32.9. The average Bonchev–Trinajstić information content (AvgIpc) is 2.42. The van der Waals surface area contributed by atoms with E-state index in [2.05, 4.69) is 0 Å². The van der Waals surface area contributed by atoms with Crippen molar-refractivity contribution in [2.45, 2.75) is 26.2 Å². The molecule has 0 aromatic heterocycles. The first-order valence-electron chi connectivity index (χ1n) is 6.49. The van der Waals surface area contributed by atoms with E-state index in [9.17, 15) is 8.78 Å². The van der Waals surface area contributed by atoms with E-state index in [1.54, 1.807) is 24.3 Å². The number of halogens is 2. The van der Waals surface area contributed by atoms with Gasteiger partial charge in [0.15, 0.2) is 17.4 Å². The minimum absolute atomic E-state index is 0.0826. The van der Waals surface area contributed by atoms with Gasteiger partial charge in [0.05, 0.1) is 11.6 Å². The summed E-state index contributed by atoms with van der Waals surface area (Å²) in [5, 5.41) is 8.67. The maximum Gasteiger partial charge on any atom is 0.198 e. The zero-order chi connectivity index (χ0) is 15.6. The van der Waals surface area contributed by atoms with Gasteiger partial charge in [0.1, 0.15) is 5.75 Å². The second kappa shape index (κ2) is 5.53. The number of nitrogens with zero attached hydrogens (tertiary/aromatic N) is 1. The van der Waals surface area contributed by atoms with Crippen LogP contribution < -0.4 is 4.74 Å². The zero-order valence-electron chi connectivity index (χ0n) is 12.1. The van der Waals surface area contributed by atoms with Crippen LogP contribution in [0.1, 0.15) is 31.9 Å². The monoisotopic (exact) mass is 287 g/mol. The molecule has 0 aliphatic carbocycles. The molecule has 0 heterocycles. The molecule has 0 saturated heterocycles. The van der Waals surface area contributed by atoms with Crippen molar-refractivity contribution < 1.29 is 13.5 Å². The first kappa shape index (κ1) is 15.0. The highest BCUT2D eigenvalue weighted by Crippen LogP contribution is 2.31. The fourth-order valence-corrected chi connectivity index (χ4v) is 1.87. The summed E-state index contributed by atoms with van der Waals surface area (Å²) in [6.07, 6.45) is 0. The molecular formula is C17H15F2NO. The predicted octanol–water partition coefficient (Wildman–Crippen LogP) is 4.93. The summed E-state index contributed by atoms with van der Waals surface area (Å²) >= 11 is 0. The van der Waals surface area contributed by atoms with Gasteiger partial charge in [0.2, 0.25) is 0 Å². The summed E-state index contributed by atoms with van der Waals surface area (Å²) in [6.45, 7) is 6.11. The third-order valence-electron chi connectivity index (χ3n) is 3.05. The maximum atomic E-state index is 13.8. The molecule has 0 N–H and O–H groups in total. The van der Waals surface area contributed by atoms with E-state index in [-0.39, 0.29) is 11.0 Å². The van der Waals surface area contributed by atoms with Crippen molar-refractivity contribution in [1.29, 1.82) is 5.26 Å². The van der Waals surface area contributed by atoms with Gasteiger partial charge in [-0.25, -0.2) is 8.78 Å². The molecule has 21 heavy (non-hydrogen) atoms. The Balaban J connectivity index is 2.38. The number of ether oxygens (including phenoxy) is 1. The fraction of sp³-hybridized carbons (Fsp3) is 0.235. The highest BCUT2D eigenvalue weighted by molar-refractivity contribution is 5.41. The molecule has 0 bridgehead atoms. The van der Waals surface area contributed by atoms with Gasteiger partial charge in [-0.3, -0.25) is 0 Å². The third-order valence-corrected chi connectivity index (χ3v) is 3.05. The second-order valence-electron chi connectivity index (χ2n) is 5.76. The van der Waals surface area contributed by atoms with Crippen LogP contribution >= 0.6 is 0 Å². The summed E-state index contributed by atoms with van der Waals surface area (Å²) in [5.74, 6) is -1.94. The largest absolute Gasteiger partial charge is 0.451 e. The van der Waals surface area contributed by atoms with E-state index in [1.165, 1.54) is 0 Å². The van der Waals surface area contributed by atoms with Crippen LogP contribution in [0.5, 0.6) is 11.5 Å². The Morgan fingerprint density at radius 3 is 2.19 bits per heavy atom. The van der Waals surface area contributed by atoms with Gasteiger partial charge in [-0.1, -0.05) is 32.9 Å². The van der Waals surface area contributed by atoms with E-state index in [0.29, 0.717) is 5.75 Å². The molecule has 0 unspecified atom stereocenters. The number of nitriles is 1. The molecule has 0 spiro atoms. The van der Waals surface area contributed by atoms with Gasteiger partial charge in [-0.15, -0.1) is 0 Å². The lowest BCUT2D eigenvalue weighted by molar-refractivity contribution is 0.406. The molecular weight excluding hydrogens is 272 g/mol. The van der Waals surface area contributed by atoms with Crippen LogP contribution in [0, 0.1) is 23.0 Å². The molecule has 0 aliphatic rings. The van der Waals surface area contributed by atoms with Gasteiger partial charge in [0, 0.05) is 0 Å². The van der Waals surface area contributed by atoms with Gasteiger partial charge < -0.3 is 4.74 Å². The number of benzene rings is 2. The van der Waals surface area contributed by atoms with Crippen molar-refractivity contribution in [3.63, 3.8) is 0 Å². The molecule has 2 aromatic carbocycles. The topological polar surface area (TPSA) is 33.0 Å². The van der Waals surface area contributed by atoms with E-state index >= 15 is 0 Å². The summed E-state index contributed by atoms with van der Waals surface area (Å²) in [6, 6.07) is 10.7. The fourth-order valence-electron chi connectivity index (χ4n) is 1.87. The number of rotatable bonds is 2. The van der Waals surface area contributed by atoms with Crippen molar-refractivity contribution in [2.24, 2.45) is 0 Å². The summed E-state index contributed by atoms with van der Waals surface area (Å²) in [7, 11) is 0. The van der Waals surface area contributed by atoms with E-state index in [4.69, 9.17) is 10.00 Å². The molecule has 0 fully saturated rings. The standard InChI is InChI=1S/C17H15F2NO/c1-17(2,3)12-5-4-6-13(9-12)21-16-14(18)7-11(10-20)8-15(16)19/h4-9H,1-3H3. The molecule has 2 rings (SSSR count). The Hall–Kier alpha value is -2.41. The van der Waals surface area contributed by atoms with Crippen LogP contribution in [0.2, 0.25) is 0 Å². The van der Waals surface area contributed by atoms with Crippen LogP contribution in [-0.2, 0) is 5.41 Å².